The topological polar surface area (TPSA) is 80.7 Å². The maximum Gasteiger partial charge on any atom is 0.374 e. The third kappa shape index (κ3) is 6.16. The number of Topliss-reactive ketones (excluding diaryl/α,β-unsaturated/α-hetero) is 1. The number of hydrogen-bond donors (Lipinski definition) is 1. The number of carbonyl (C=O) groups is 3. The van der Waals surface area contributed by atoms with Crippen molar-refractivity contribution < 1.29 is 24.2 Å². The lowest BCUT2D eigenvalue weighted by Gasteiger charge is -1.99. The standard InChI is InChI=1S/C9H14O5/c1-2-14-9(13)7(10)5-3-4-6-8(11)12/h2-6H2,1H3,(H,11,12). The van der Waals surface area contributed by atoms with Gasteiger partial charge in [0.2, 0.25) is 5.78 Å². The van der Waals surface area contributed by atoms with Crippen molar-refractivity contribution in [2.45, 2.75) is 32.6 Å². The van der Waals surface area contributed by atoms with E-state index in [0.717, 1.165) is 0 Å². The molecule has 0 heterocycles. The number of aliphatic carboxylic acids is 1. The van der Waals surface area contributed by atoms with Gasteiger partial charge in [-0.15, -0.1) is 0 Å². The monoisotopic (exact) mass is 202 g/mol. The summed E-state index contributed by atoms with van der Waals surface area (Å²) < 4.78 is 4.48. The molecular formula is C9H14O5. The van der Waals surface area contributed by atoms with Gasteiger partial charge in [0.15, 0.2) is 0 Å². The van der Waals surface area contributed by atoms with Crippen molar-refractivity contribution in [1.82, 2.24) is 0 Å². The number of hydrogen-bond acceptors (Lipinski definition) is 4. The van der Waals surface area contributed by atoms with Crippen LogP contribution in [0, 0.1) is 0 Å². The molecule has 14 heavy (non-hydrogen) atoms. The van der Waals surface area contributed by atoms with Crippen molar-refractivity contribution in [2.24, 2.45) is 0 Å². The van der Waals surface area contributed by atoms with Crippen LogP contribution in [0.25, 0.3) is 0 Å². The van der Waals surface area contributed by atoms with Crippen LogP contribution < -0.4 is 0 Å². The van der Waals surface area contributed by atoms with E-state index in [9.17, 15) is 14.4 Å². The minimum absolute atomic E-state index is 0.0239. The zero-order valence-electron chi connectivity index (χ0n) is 8.12. The van der Waals surface area contributed by atoms with Crippen LogP contribution in [-0.2, 0) is 19.1 Å². The number of carbonyl (C=O) groups excluding carboxylic acids is 2. The summed E-state index contributed by atoms with van der Waals surface area (Å²) in [6.45, 7) is 1.80. The Kier molecular flexibility index (Phi) is 6.36. The second kappa shape index (κ2) is 7.06. The number of ether oxygens (including phenoxy) is 1. The van der Waals surface area contributed by atoms with Gasteiger partial charge in [-0.2, -0.15) is 0 Å². The smallest absolute Gasteiger partial charge is 0.374 e. The van der Waals surface area contributed by atoms with Crippen molar-refractivity contribution >= 4 is 17.7 Å². The van der Waals surface area contributed by atoms with Crippen molar-refractivity contribution in [3.63, 3.8) is 0 Å². The van der Waals surface area contributed by atoms with Gasteiger partial charge in [-0.3, -0.25) is 9.59 Å². The lowest BCUT2D eigenvalue weighted by atomic mass is 10.1. The first-order valence-electron chi connectivity index (χ1n) is 4.49. The summed E-state index contributed by atoms with van der Waals surface area (Å²) in [4.78, 5) is 31.8. The van der Waals surface area contributed by atoms with Gasteiger partial charge in [-0.1, -0.05) is 0 Å². The molecule has 5 nitrogen and oxygen atoms in total. The Balaban J connectivity index is 3.53. The van der Waals surface area contributed by atoms with E-state index in [0.29, 0.717) is 12.8 Å². The molecular weight excluding hydrogens is 188 g/mol. The molecule has 0 aromatic carbocycles. The van der Waals surface area contributed by atoms with Crippen LogP contribution in [0.15, 0.2) is 0 Å². The fourth-order valence-corrected chi connectivity index (χ4v) is 0.875. The Bertz CT molecular complexity index is 221. The molecule has 0 rings (SSSR count). The molecule has 0 aromatic heterocycles. The van der Waals surface area contributed by atoms with Gasteiger partial charge in [-0.25, -0.2) is 4.79 Å². The maximum absolute atomic E-state index is 11.0. The highest BCUT2D eigenvalue weighted by molar-refractivity contribution is 6.33. The van der Waals surface area contributed by atoms with E-state index in [1.165, 1.54) is 0 Å². The molecule has 1 N–H and O–H groups in total. The third-order valence-electron chi connectivity index (χ3n) is 1.55. The minimum atomic E-state index is -0.895. The number of ketones is 1. The van der Waals surface area contributed by atoms with Gasteiger partial charge in [0.1, 0.15) is 0 Å². The number of carboxylic acids is 1. The van der Waals surface area contributed by atoms with Crippen molar-refractivity contribution in [2.75, 3.05) is 6.61 Å². The van der Waals surface area contributed by atoms with Crippen molar-refractivity contribution in [3.05, 3.63) is 0 Å². The highest BCUT2D eigenvalue weighted by atomic mass is 16.5. The first-order valence-corrected chi connectivity index (χ1v) is 4.49. The Hall–Kier alpha value is -1.39. The average Bonchev–Trinajstić information content (AvgIpc) is 2.12. The summed E-state index contributed by atoms with van der Waals surface area (Å²) in [6, 6.07) is 0. The summed E-state index contributed by atoms with van der Waals surface area (Å²) >= 11 is 0. The normalized spacial score (nSPS) is 9.50. The van der Waals surface area contributed by atoms with E-state index in [1.807, 2.05) is 0 Å². The fourth-order valence-electron chi connectivity index (χ4n) is 0.875. The molecule has 0 atom stereocenters. The molecule has 0 saturated heterocycles. The van der Waals surface area contributed by atoms with E-state index in [1.54, 1.807) is 6.92 Å². The third-order valence-corrected chi connectivity index (χ3v) is 1.55. The molecule has 0 amide bonds. The summed E-state index contributed by atoms with van der Waals surface area (Å²) in [5.41, 5.74) is 0. The summed E-state index contributed by atoms with van der Waals surface area (Å²) in [5.74, 6) is -2.31. The van der Waals surface area contributed by atoms with Crippen LogP contribution in [0.3, 0.4) is 0 Å². The Labute approximate surface area is 82.1 Å². The van der Waals surface area contributed by atoms with E-state index < -0.39 is 17.7 Å². The van der Waals surface area contributed by atoms with Gasteiger partial charge in [-0.05, 0) is 19.8 Å². The Morgan fingerprint density at radius 2 is 1.71 bits per heavy atom. The minimum Gasteiger partial charge on any atom is -0.481 e. The van der Waals surface area contributed by atoms with E-state index >= 15 is 0 Å². The molecule has 0 radical (unpaired) electrons. The summed E-state index contributed by atoms with van der Waals surface area (Å²) in [6.07, 6.45) is 0.895. The predicted octanol–water partition coefficient (Wildman–Crippen LogP) is 0.764. The SMILES string of the molecule is CCOC(=O)C(=O)CCCCC(=O)O. The summed E-state index contributed by atoms with van der Waals surface area (Å²) in [7, 11) is 0. The summed E-state index contributed by atoms with van der Waals surface area (Å²) in [5, 5.41) is 8.30. The van der Waals surface area contributed by atoms with Gasteiger partial charge >= 0.3 is 11.9 Å². The van der Waals surface area contributed by atoms with Gasteiger partial charge < -0.3 is 9.84 Å². The van der Waals surface area contributed by atoms with Crippen molar-refractivity contribution in [1.29, 1.82) is 0 Å². The van der Waals surface area contributed by atoms with Gasteiger partial charge in [0, 0.05) is 12.8 Å². The number of carboxylic acid groups (broad SMARTS) is 1. The van der Waals surface area contributed by atoms with Gasteiger partial charge in [0.25, 0.3) is 0 Å². The zero-order valence-corrected chi connectivity index (χ0v) is 8.12. The maximum atomic E-state index is 11.0. The van der Waals surface area contributed by atoms with Gasteiger partial charge in [0.05, 0.1) is 6.61 Å². The molecule has 5 heteroatoms. The number of rotatable bonds is 7. The molecule has 0 bridgehead atoms. The molecule has 80 valence electrons. The van der Waals surface area contributed by atoms with Crippen LogP contribution in [-0.4, -0.2) is 29.4 Å². The highest BCUT2D eigenvalue weighted by Crippen LogP contribution is 2.01. The predicted molar refractivity (Wildman–Crippen MR) is 47.7 cm³/mol. The van der Waals surface area contributed by atoms with Crippen LogP contribution in [0.1, 0.15) is 32.6 Å². The second-order valence-electron chi connectivity index (χ2n) is 2.74. The molecule has 0 aliphatic rings. The lowest BCUT2D eigenvalue weighted by molar-refractivity contribution is -0.153. The Morgan fingerprint density at radius 1 is 1.14 bits per heavy atom. The number of unbranched alkanes of at least 4 members (excludes halogenated alkanes) is 1. The first-order chi connectivity index (χ1) is 6.57. The first kappa shape index (κ1) is 12.6. The molecule has 0 unspecified atom stereocenters. The fraction of sp³-hybridized carbons (Fsp3) is 0.667. The molecule has 0 fully saturated rings. The van der Waals surface area contributed by atoms with Crippen LogP contribution in [0.2, 0.25) is 0 Å². The zero-order chi connectivity index (χ0) is 11.0. The van der Waals surface area contributed by atoms with E-state index in [2.05, 4.69) is 4.74 Å². The van der Waals surface area contributed by atoms with Crippen LogP contribution in [0.5, 0.6) is 0 Å². The van der Waals surface area contributed by atoms with E-state index in [-0.39, 0.29) is 19.4 Å². The molecule has 0 aliphatic carbocycles. The molecule has 0 saturated carbocycles. The van der Waals surface area contributed by atoms with E-state index in [4.69, 9.17) is 5.11 Å². The Morgan fingerprint density at radius 3 is 2.21 bits per heavy atom. The quantitative estimate of drug-likeness (QED) is 0.374. The second-order valence-corrected chi connectivity index (χ2v) is 2.74. The largest absolute Gasteiger partial charge is 0.481 e. The van der Waals surface area contributed by atoms with Crippen LogP contribution in [0.4, 0.5) is 0 Å². The lowest BCUT2D eigenvalue weighted by Crippen LogP contribution is -2.16. The molecule has 0 aromatic rings. The average molecular weight is 202 g/mol. The molecule has 0 spiro atoms. The van der Waals surface area contributed by atoms with Crippen molar-refractivity contribution in [3.8, 4) is 0 Å². The molecule has 0 aliphatic heterocycles. The van der Waals surface area contributed by atoms with Crippen LogP contribution >= 0.6 is 0 Å². The number of esters is 1. The highest BCUT2D eigenvalue weighted by Gasteiger charge is 2.13.